The number of fused-ring (bicyclic) bond motifs is 1. The molecule has 0 bridgehead atoms. The van der Waals surface area contributed by atoms with Gasteiger partial charge in [-0.1, -0.05) is 0 Å². The second kappa shape index (κ2) is 7.15. The van der Waals surface area contributed by atoms with Gasteiger partial charge in [0.25, 0.3) is 5.56 Å². The van der Waals surface area contributed by atoms with E-state index in [1.165, 1.54) is 4.31 Å². The molecule has 0 unspecified atom stereocenters. The Bertz CT molecular complexity index is 915. The Morgan fingerprint density at radius 1 is 1.16 bits per heavy atom. The van der Waals surface area contributed by atoms with Gasteiger partial charge in [-0.3, -0.25) is 9.69 Å². The number of benzene rings is 1. The zero-order valence-corrected chi connectivity index (χ0v) is 15.3. The van der Waals surface area contributed by atoms with Crippen LogP contribution < -0.4 is 10.3 Å². The van der Waals surface area contributed by atoms with Gasteiger partial charge in [0, 0.05) is 44.4 Å². The zero-order chi connectivity index (χ0) is 18.0. The Kier molecular flexibility index (Phi) is 5.12. The summed E-state index contributed by atoms with van der Waals surface area (Å²) < 4.78 is 30.5. The topological polar surface area (TPSA) is 82.7 Å². The van der Waals surface area contributed by atoms with Crippen LogP contribution in [0.2, 0.25) is 0 Å². The van der Waals surface area contributed by atoms with Crippen LogP contribution in [0.3, 0.4) is 0 Å². The Balaban J connectivity index is 1.74. The molecule has 1 aromatic carbocycles. The molecular weight excluding hydrogens is 342 g/mol. The molecule has 0 atom stereocenters. The van der Waals surface area contributed by atoms with E-state index in [4.69, 9.17) is 4.74 Å². The fourth-order valence-corrected chi connectivity index (χ4v) is 4.14. The number of rotatable bonds is 5. The fourth-order valence-electron chi connectivity index (χ4n) is 3.06. The van der Waals surface area contributed by atoms with Gasteiger partial charge in [0.2, 0.25) is 10.0 Å². The number of aromatic amines is 1. The molecule has 1 fully saturated rings. The third kappa shape index (κ3) is 3.86. The lowest BCUT2D eigenvalue weighted by atomic mass is 10.1. The second-order valence-corrected chi connectivity index (χ2v) is 8.41. The summed E-state index contributed by atoms with van der Waals surface area (Å²) >= 11 is 0. The second-order valence-electron chi connectivity index (χ2n) is 6.15. The first-order valence-corrected chi connectivity index (χ1v) is 9.94. The van der Waals surface area contributed by atoms with Crippen molar-refractivity contribution in [2.45, 2.75) is 13.5 Å². The molecule has 8 heteroatoms. The number of hydrogen-bond acceptors (Lipinski definition) is 5. The van der Waals surface area contributed by atoms with Crippen LogP contribution in [-0.4, -0.2) is 61.6 Å². The monoisotopic (exact) mass is 365 g/mol. The minimum atomic E-state index is -3.13. The smallest absolute Gasteiger partial charge is 0.252 e. The van der Waals surface area contributed by atoms with Crippen molar-refractivity contribution >= 4 is 20.9 Å². The van der Waals surface area contributed by atoms with Crippen molar-refractivity contribution in [3.05, 3.63) is 40.2 Å². The van der Waals surface area contributed by atoms with Crippen molar-refractivity contribution in [3.63, 3.8) is 0 Å². The summed E-state index contributed by atoms with van der Waals surface area (Å²) in [6.45, 7) is 4.36. The molecule has 1 aliphatic rings. The van der Waals surface area contributed by atoms with Crippen LogP contribution in [0.25, 0.3) is 10.9 Å². The van der Waals surface area contributed by atoms with Gasteiger partial charge in [-0.15, -0.1) is 0 Å². The van der Waals surface area contributed by atoms with Crippen LogP contribution in [0.1, 0.15) is 12.5 Å². The van der Waals surface area contributed by atoms with Crippen LogP contribution in [-0.2, 0) is 16.6 Å². The Morgan fingerprint density at radius 2 is 1.88 bits per heavy atom. The molecule has 0 aliphatic carbocycles. The summed E-state index contributed by atoms with van der Waals surface area (Å²) in [7, 11) is -1.54. The van der Waals surface area contributed by atoms with Crippen LogP contribution in [0.4, 0.5) is 0 Å². The van der Waals surface area contributed by atoms with Crippen molar-refractivity contribution < 1.29 is 13.2 Å². The van der Waals surface area contributed by atoms with Gasteiger partial charge in [0.15, 0.2) is 0 Å². The standard InChI is InChI=1S/C17H23N3O4S/c1-3-25(22,23)20-8-6-19(7-9-20)12-14-10-13-4-5-15(24-2)11-16(13)18-17(14)21/h4-5,10-11H,3,6-9,12H2,1-2H3,(H,18,21). The molecular formula is C17H23N3O4S. The number of methoxy groups -OCH3 is 1. The number of aromatic nitrogens is 1. The lowest BCUT2D eigenvalue weighted by Gasteiger charge is -2.33. The highest BCUT2D eigenvalue weighted by atomic mass is 32.2. The number of nitrogens with one attached hydrogen (secondary N) is 1. The van der Waals surface area contributed by atoms with E-state index in [2.05, 4.69) is 9.88 Å². The van der Waals surface area contributed by atoms with Gasteiger partial charge in [0.05, 0.1) is 18.4 Å². The van der Waals surface area contributed by atoms with E-state index in [0.29, 0.717) is 44.0 Å². The van der Waals surface area contributed by atoms with E-state index in [-0.39, 0.29) is 11.3 Å². The van der Waals surface area contributed by atoms with Gasteiger partial charge >= 0.3 is 0 Å². The molecule has 7 nitrogen and oxygen atoms in total. The average molecular weight is 365 g/mol. The highest BCUT2D eigenvalue weighted by molar-refractivity contribution is 7.89. The van der Waals surface area contributed by atoms with E-state index in [1.807, 2.05) is 18.2 Å². The van der Waals surface area contributed by atoms with E-state index in [1.54, 1.807) is 20.1 Å². The molecule has 0 radical (unpaired) electrons. The van der Waals surface area contributed by atoms with Crippen LogP contribution in [0.15, 0.2) is 29.1 Å². The molecule has 1 aliphatic heterocycles. The van der Waals surface area contributed by atoms with Gasteiger partial charge in [-0.05, 0) is 30.5 Å². The van der Waals surface area contributed by atoms with Crippen LogP contribution in [0.5, 0.6) is 5.75 Å². The third-order valence-corrected chi connectivity index (χ3v) is 6.49. The lowest BCUT2D eigenvalue weighted by molar-refractivity contribution is 0.181. The van der Waals surface area contributed by atoms with Crippen LogP contribution >= 0.6 is 0 Å². The molecule has 3 rings (SSSR count). The minimum Gasteiger partial charge on any atom is -0.497 e. The summed E-state index contributed by atoms with van der Waals surface area (Å²) in [5.41, 5.74) is 1.31. The molecule has 2 heterocycles. The quantitative estimate of drug-likeness (QED) is 0.855. The molecule has 1 saturated heterocycles. The number of nitrogens with zero attached hydrogens (tertiary/aromatic N) is 2. The van der Waals surface area contributed by atoms with Crippen LogP contribution in [0, 0.1) is 0 Å². The Labute approximate surface area is 147 Å². The van der Waals surface area contributed by atoms with Gasteiger partial charge in [0.1, 0.15) is 5.75 Å². The van der Waals surface area contributed by atoms with E-state index >= 15 is 0 Å². The SMILES string of the molecule is CCS(=O)(=O)N1CCN(Cc2cc3ccc(OC)cc3[nH]c2=O)CC1. The molecule has 2 aromatic rings. The van der Waals surface area contributed by atoms with E-state index in [9.17, 15) is 13.2 Å². The number of pyridine rings is 1. The van der Waals surface area contributed by atoms with Gasteiger partial charge < -0.3 is 9.72 Å². The molecule has 25 heavy (non-hydrogen) atoms. The number of piperazine rings is 1. The molecule has 0 spiro atoms. The first-order chi connectivity index (χ1) is 11.9. The molecule has 1 aromatic heterocycles. The molecule has 0 saturated carbocycles. The van der Waals surface area contributed by atoms with Crippen molar-refractivity contribution in [2.75, 3.05) is 39.0 Å². The van der Waals surface area contributed by atoms with Gasteiger partial charge in [-0.25, -0.2) is 8.42 Å². The Hall–Kier alpha value is -1.90. The summed E-state index contributed by atoms with van der Waals surface area (Å²) in [6.07, 6.45) is 0. The Morgan fingerprint density at radius 3 is 2.52 bits per heavy atom. The van der Waals surface area contributed by atoms with Gasteiger partial charge in [-0.2, -0.15) is 4.31 Å². The van der Waals surface area contributed by atoms with Crippen molar-refractivity contribution in [1.29, 1.82) is 0 Å². The summed E-state index contributed by atoms with van der Waals surface area (Å²) in [4.78, 5) is 17.4. The van der Waals surface area contributed by atoms with E-state index < -0.39 is 10.0 Å². The highest BCUT2D eigenvalue weighted by Crippen LogP contribution is 2.19. The van der Waals surface area contributed by atoms with Crippen molar-refractivity contribution in [2.24, 2.45) is 0 Å². The van der Waals surface area contributed by atoms with Crippen molar-refractivity contribution in [3.8, 4) is 5.75 Å². The number of ether oxygens (including phenoxy) is 1. The first-order valence-electron chi connectivity index (χ1n) is 8.33. The normalized spacial score (nSPS) is 17.0. The van der Waals surface area contributed by atoms with E-state index in [0.717, 1.165) is 10.9 Å². The maximum absolute atomic E-state index is 12.3. The largest absolute Gasteiger partial charge is 0.497 e. The molecule has 1 N–H and O–H groups in total. The number of hydrogen-bond donors (Lipinski definition) is 1. The average Bonchev–Trinajstić information content (AvgIpc) is 2.62. The third-order valence-electron chi connectivity index (χ3n) is 4.61. The first kappa shape index (κ1) is 17.9. The number of sulfonamides is 1. The fraction of sp³-hybridized carbons (Fsp3) is 0.471. The lowest BCUT2D eigenvalue weighted by Crippen LogP contribution is -2.49. The zero-order valence-electron chi connectivity index (χ0n) is 14.5. The number of H-pyrrole nitrogens is 1. The maximum Gasteiger partial charge on any atom is 0.252 e. The summed E-state index contributed by atoms with van der Waals surface area (Å²) in [6, 6.07) is 7.47. The maximum atomic E-state index is 12.3. The molecule has 136 valence electrons. The predicted octanol–water partition coefficient (Wildman–Crippen LogP) is 1.00. The van der Waals surface area contributed by atoms with Crippen molar-refractivity contribution in [1.82, 2.24) is 14.2 Å². The molecule has 0 amide bonds. The summed E-state index contributed by atoms with van der Waals surface area (Å²) in [5.74, 6) is 0.824. The minimum absolute atomic E-state index is 0.121. The summed E-state index contributed by atoms with van der Waals surface area (Å²) in [5, 5.41) is 0.947. The highest BCUT2D eigenvalue weighted by Gasteiger charge is 2.25. The predicted molar refractivity (Wildman–Crippen MR) is 97.4 cm³/mol.